The molecule has 0 spiro atoms. The maximum absolute atomic E-state index is 14.7. The van der Waals surface area contributed by atoms with Crippen LogP contribution in [0.3, 0.4) is 0 Å². The van der Waals surface area contributed by atoms with Crippen molar-refractivity contribution in [3.8, 4) is 34.0 Å². The number of rotatable bonds is 9. The molecule has 0 saturated carbocycles. The molecule has 208 valence electrons. The normalized spacial score (nSPS) is 13.8. The van der Waals surface area contributed by atoms with E-state index in [1.807, 2.05) is 0 Å². The zero-order valence-corrected chi connectivity index (χ0v) is 21.8. The number of halogens is 4. The average Bonchev–Trinajstić information content (AvgIpc) is 2.92. The van der Waals surface area contributed by atoms with E-state index < -0.39 is 34.7 Å². The number of hydrogen-bond donors (Lipinski definition) is 3. The zero-order chi connectivity index (χ0) is 29.1. The van der Waals surface area contributed by atoms with E-state index in [9.17, 15) is 18.0 Å². The highest BCUT2D eigenvalue weighted by Crippen LogP contribution is 2.50. The Morgan fingerprint density at radius 3 is 2.27 bits per heavy atom. The van der Waals surface area contributed by atoms with Crippen molar-refractivity contribution in [2.75, 3.05) is 12.8 Å². The Kier molecular flexibility index (Phi) is 8.17. The van der Waals surface area contributed by atoms with Gasteiger partial charge in [-0.2, -0.15) is 18.2 Å². The minimum absolute atomic E-state index is 0.0839. The minimum Gasteiger partial charge on any atom is -0.497 e. The molecule has 1 unspecified atom stereocenters. The fraction of sp³-hybridized carbons (Fsp3) is 0.179. The van der Waals surface area contributed by atoms with Crippen LogP contribution < -0.4 is 20.9 Å². The number of hydrogen-bond acceptors (Lipinski definition) is 7. The number of carbonyl (C=O) groups is 1. The number of benzene rings is 3. The van der Waals surface area contributed by atoms with Gasteiger partial charge in [-0.05, 0) is 35.2 Å². The van der Waals surface area contributed by atoms with Crippen LogP contribution in [0.5, 0.6) is 11.6 Å². The molecular formula is C28H24ClF3N4O4. The number of aliphatic carboxylic acids is 1. The van der Waals surface area contributed by atoms with E-state index >= 15 is 0 Å². The number of anilines is 1. The number of nitrogens with zero attached hydrogens (tertiary/aromatic N) is 2. The van der Waals surface area contributed by atoms with Crippen LogP contribution in [-0.4, -0.2) is 40.4 Å². The third-order valence-electron chi connectivity index (χ3n) is 6.01. The van der Waals surface area contributed by atoms with Gasteiger partial charge in [0.15, 0.2) is 0 Å². The van der Waals surface area contributed by atoms with Crippen molar-refractivity contribution in [3.63, 3.8) is 0 Å². The fourth-order valence-electron chi connectivity index (χ4n) is 3.99. The quantitative estimate of drug-likeness (QED) is 0.227. The molecule has 5 N–H and O–H groups in total. The topological polar surface area (TPSA) is 134 Å². The Labute approximate surface area is 232 Å². The molecule has 4 rings (SSSR count). The van der Waals surface area contributed by atoms with Crippen LogP contribution in [0.1, 0.15) is 11.1 Å². The van der Waals surface area contributed by atoms with Crippen LogP contribution >= 0.6 is 11.6 Å². The second kappa shape index (κ2) is 11.4. The predicted molar refractivity (Wildman–Crippen MR) is 144 cm³/mol. The van der Waals surface area contributed by atoms with Gasteiger partial charge in [-0.25, -0.2) is 4.98 Å². The first-order valence-electron chi connectivity index (χ1n) is 11.8. The average molecular weight is 573 g/mol. The van der Waals surface area contributed by atoms with Gasteiger partial charge in [-0.15, -0.1) is 0 Å². The summed E-state index contributed by atoms with van der Waals surface area (Å²) in [5.41, 5.74) is 12.9. The molecule has 3 aromatic carbocycles. The fourth-order valence-corrected chi connectivity index (χ4v) is 4.23. The van der Waals surface area contributed by atoms with Crippen LogP contribution in [-0.2, 0) is 16.3 Å². The van der Waals surface area contributed by atoms with Crippen LogP contribution in [0.25, 0.3) is 22.4 Å². The highest BCUT2D eigenvalue weighted by Gasteiger charge is 2.59. The van der Waals surface area contributed by atoms with Crippen molar-refractivity contribution in [1.29, 1.82) is 0 Å². The molecule has 0 radical (unpaired) electrons. The number of methoxy groups -OCH3 is 1. The maximum Gasteiger partial charge on any atom is 0.448 e. The van der Waals surface area contributed by atoms with Crippen molar-refractivity contribution < 1.29 is 32.5 Å². The van der Waals surface area contributed by atoms with Crippen LogP contribution in [0.4, 0.5) is 19.1 Å². The summed E-state index contributed by atoms with van der Waals surface area (Å²) in [6.45, 7) is 0. The third-order valence-corrected chi connectivity index (χ3v) is 6.51. The summed E-state index contributed by atoms with van der Waals surface area (Å²) in [5, 5.41) is 5.63. The van der Waals surface area contributed by atoms with Crippen molar-refractivity contribution >= 4 is 23.5 Å². The zero-order valence-electron chi connectivity index (χ0n) is 21.0. The molecule has 0 aliphatic rings. The van der Waals surface area contributed by atoms with E-state index in [1.54, 1.807) is 54.6 Å². The van der Waals surface area contributed by atoms with E-state index in [0.29, 0.717) is 16.7 Å². The van der Waals surface area contributed by atoms with Gasteiger partial charge in [-0.3, -0.25) is 4.79 Å². The summed E-state index contributed by atoms with van der Waals surface area (Å²) in [6, 6.07) is 19.1. The molecule has 1 heterocycles. The lowest BCUT2D eigenvalue weighted by Gasteiger charge is -2.32. The maximum atomic E-state index is 14.7. The molecule has 4 aromatic rings. The van der Waals surface area contributed by atoms with Crippen molar-refractivity contribution in [2.24, 2.45) is 5.73 Å². The molecule has 0 bridgehead atoms. The molecule has 1 aromatic heterocycles. The van der Waals surface area contributed by atoms with Gasteiger partial charge < -0.3 is 26.0 Å². The van der Waals surface area contributed by atoms with E-state index in [0.717, 1.165) is 6.07 Å². The SMILES string of the molecule is COc1ccc(-c2ccccc2)c(C(Cl)(Oc2cc(-c3ccc(C[C@H](N)C(=O)O)cc3)nc(N)n2)C(F)(F)F)c1. The Bertz CT molecular complexity index is 1500. The lowest BCUT2D eigenvalue weighted by Crippen LogP contribution is -2.43. The van der Waals surface area contributed by atoms with Gasteiger partial charge in [0, 0.05) is 17.2 Å². The van der Waals surface area contributed by atoms with Crippen molar-refractivity contribution in [3.05, 3.63) is 90.0 Å². The second-order valence-electron chi connectivity index (χ2n) is 8.77. The Balaban J connectivity index is 1.76. The summed E-state index contributed by atoms with van der Waals surface area (Å²) >= 11 is 6.34. The summed E-state index contributed by atoms with van der Waals surface area (Å²) < 4.78 is 54.7. The number of ether oxygens (including phenoxy) is 2. The Hall–Kier alpha value is -4.35. The van der Waals surface area contributed by atoms with Gasteiger partial charge in [0.2, 0.25) is 11.8 Å². The summed E-state index contributed by atoms with van der Waals surface area (Å²) in [7, 11) is 1.32. The summed E-state index contributed by atoms with van der Waals surface area (Å²) in [6.07, 6.45) is -5.03. The lowest BCUT2D eigenvalue weighted by atomic mass is 9.95. The number of carboxylic acids is 1. The molecule has 0 fully saturated rings. The molecule has 0 aliphatic heterocycles. The smallest absolute Gasteiger partial charge is 0.448 e. The van der Waals surface area contributed by atoms with E-state index in [1.165, 1.54) is 25.3 Å². The number of carboxylic acid groups (broad SMARTS) is 1. The highest BCUT2D eigenvalue weighted by molar-refractivity contribution is 6.24. The van der Waals surface area contributed by atoms with E-state index in [-0.39, 0.29) is 29.4 Å². The molecule has 2 atom stereocenters. The summed E-state index contributed by atoms with van der Waals surface area (Å²) in [5.74, 6) is -1.87. The first-order chi connectivity index (χ1) is 18.9. The summed E-state index contributed by atoms with van der Waals surface area (Å²) in [4.78, 5) is 19.0. The Morgan fingerprint density at radius 2 is 1.68 bits per heavy atom. The second-order valence-corrected chi connectivity index (χ2v) is 9.30. The van der Waals surface area contributed by atoms with Crippen LogP contribution in [0.2, 0.25) is 0 Å². The van der Waals surface area contributed by atoms with Gasteiger partial charge in [-0.1, -0.05) is 72.3 Å². The van der Waals surface area contributed by atoms with Gasteiger partial charge >= 0.3 is 17.2 Å². The molecular weight excluding hydrogens is 549 g/mol. The van der Waals surface area contributed by atoms with E-state index in [4.69, 9.17) is 37.6 Å². The van der Waals surface area contributed by atoms with Gasteiger partial charge in [0.05, 0.1) is 12.8 Å². The monoisotopic (exact) mass is 572 g/mol. The largest absolute Gasteiger partial charge is 0.497 e. The van der Waals surface area contributed by atoms with Crippen molar-refractivity contribution in [1.82, 2.24) is 9.97 Å². The number of aromatic nitrogens is 2. The number of nitrogens with two attached hydrogens (primary N) is 2. The van der Waals surface area contributed by atoms with Gasteiger partial charge in [0.1, 0.15) is 11.8 Å². The lowest BCUT2D eigenvalue weighted by molar-refractivity contribution is -0.219. The molecule has 0 saturated heterocycles. The molecule has 0 aliphatic carbocycles. The van der Waals surface area contributed by atoms with Crippen LogP contribution in [0, 0.1) is 0 Å². The number of alkyl halides is 4. The number of nitrogen functional groups attached to an aromatic ring is 1. The minimum atomic E-state index is -5.12. The first-order valence-corrected chi connectivity index (χ1v) is 12.2. The van der Waals surface area contributed by atoms with Gasteiger partial charge in [0.25, 0.3) is 0 Å². The highest BCUT2D eigenvalue weighted by atomic mass is 35.5. The van der Waals surface area contributed by atoms with E-state index in [2.05, 4.69) is 9.97 Å². The predicted octanol–water partition coefficient (Wildman–Crippen LogP) is 5.39. The Morgan fingerprint density at radius 1 is 1.00 bits per heavy atom. The molecule has 40 heavy (non-hydrogen) atoms. The molecule has 8 nitrogen and oxygen atoms in total. The molecule has 12 heteroatoms. The first kappa shape index (κ1) is 28.7. The van der Waals surface area contributed by atoms with Crippen molar-refractivity contribution in [2.45, 2.75) is 23.7 Å². The van der Waals surface area contributed by atoms with Crippen LogP contribution in [0.15, 0.2) is 78.9 Å². The standard InChI is InChI=1S/C28H24ClF3N4O4/c1-39-19-11-12-20(17-5-3-2-4-6-17)21(14-19)27(29,28(30,31)32)40-24-15-23(35-26(34)36-24)18-9-7-16(8-10-18)13-22(33)25(37)38/h2-12,14-15,22H,13,33H2,1H3,(H,37,38)(H2,34,35,36)/t22-,27?/m0/s1. The molecule has 0 amide bonds. The third kappa shape index (κ3) is 6.11.